The lowest BCUT2D eigenvalue weighted by atomic mass is 9.85. The standard InChI is InChI=1S/C20H27F2N5O2/c1-12-7-8-17(27(12)20(21)22)19(29)24-15-6-4-5-14(9-15)10-23-18(28)16-11-26(3)25-13(16)2/h7-8,11,14-15,20H,4-6,9-10H2,1-3H3,(H,23,28)(H,24,29)/t14-,15+/m1/s1. The zero-order valence-electron chi connectivity index (χ0n) is 16.9. The number of halogens is 2. The molecule has 3 rings (SSSR count). The SMILES string of the molecule is Cc1nn(C)cc1C(=O)NC[C@@H]1CCC[C@H](NC(=O)c2ccc(C)n2C(F)F)C1. The first-order valence-corrected chi connectivity index (χ1v) is 9.81. The Hall–Kier alpha value is -2.71. The number of aromatic nitrogens is 3. The third-order valence-electron chi connectivity index (χ3n) is 5.48. The second kappa shape index (κ2) is 8.75. The third-order valence-corrected chi connectivity index (χ3v) is 5.48. The van der Waals surface area contributed by atoms with Gasteiger partial charge in [0, 0.05) is 31.5 Å². The van der Waals surface area contributed by atoms with Crippen LogP contribution in [0.4, 0.5) is 8.78 Å². The van der Waals surface area contributed by atoms with E-state index in [9.17, 15) is 18.4 Å². The van der Waals surface area contributed by atoms with Crippen molar-refractivity contribution in [3.8, 4) is 0 Å². The van der Waals surface area contributed by atoms with Crippen molar-refractivity contribution >= 4 is 11.8 Å². The molecule has 0 unspecified atom stereocenters. The van der Waals surface area contributed by atoms with Crippen molar-refractivity contribution < 1.29 is 18.4 Å². The van der Waals surface area contributed by atoms with E-state index < -0.39 is 12.5 Å². The topological polar surface area (TPSA) is 81.0 Å². The van der Waals surface area contributed by atoms with Gasteiger partial charge in [-0.15, -0.1) is 0 Å². The van der Waals surface area contributed by atoms with Crippen molar-refractivity contribution in [1.82, 2.24) is 25.0 Å². The number of carbonyl (C=O) groups excluding carboxylic acids is 2. The predicted molar refractivity (Wildman–Crippen MR) is 104 cm³/mol. The summed E-state index contributed by atoms with van der Waals surface area (Å²) in [5.74, 6) is -0.426. The minimum absolute atomic E-state index is 0.0278. The van der Waals surface area contributed by atoms with Gasteiger partial charge in [-0.3, -0.25) is 18.8 Å². The highest BCUT2D eigenvalue weighted by molar-refractivity contribution is 5.95. The summed E-state index contributed by atoms with van der Waals surface area (Å²) < 4.78 is 28.8. The normalized spacial score (nSPS) is 19.4. The monoisotopic (exact) mass is 407 g/mol. The molecular weight excluding hydrogens is 380 g/mol. The van der Waals surface area contributed by atoms with Crippen molar-refractivity contribution in [3.05, 3.63) is 41.0 Å². The van der Waals surface area contributed by atoms with E-state index in [0.29, 0.717) is 29.9 Å². The third kappa shape index (κ3) is 4.83. The van der Waals surface area contributed by atoms with Crippen molar-refractivity contribution in [3.63, 3.8) is 0 Å². The van der Waals surface area contributed by atoms with Crippen molar-refractivity contribution in [1.29, 1.82) is 0 Å². The van der Waals surface area contributed by atoms with Crippen LogP contribution in [0.25, 0.3) is 0 Å². The molecule has 2 amide bonds. The molecule has 0 saturated heterocycles. The number of aryl methyl sites for hydroxylation is 3. The van der Waals surface area contributed by atoms with Gasteiger partial charge in [-0.2, -0.15) is 13.9 Å². The van der Waals surface area contributed by atoms with Crippen LogP contribution in [0, 0.1) is 19.8 Å². The second-order valence-corrected chi connectivity index (χ2v) is 7.72. The quantitative estimate of drug-likeness (QED) is 0.773. The number of rotatable bonds is 6. The summed E-state index contributed by atoms with van der Waals surface area (Å²) in [6.45, 7) is 1.09. The van der Waals surface area contributed by atoms with Gasteiger partial charge in [0.1, 0.15) is 5.69 Å². The van der Waals surface area contributed by atoms with E-state index in [1.165, 1.54) is 12.1 Å². The number of carbonyl (C=O) groups is 2. The highest BCUT2D eigenvalue weighted by atomic mass is 19.3. The van der Waals surface area contributed by atoms with E-state index in [0.717, 1.165) is 23.8 Å². The summed E-state index contributed by atoms with van der Waals surface area (Å²) in [7, 11) is 1.77. The van der Waals surface area contributed by atoms with Gasteiger partial charge in [-0.25, -0.2) is 0 Å². The summed E-state index contributed by atoms with van der Waals surface area (Å²) in [5.41, 5.74) is 1.55. The molecule has 2 aromatic rings. The molecule has 0 radical (unpaired) electrons. The summed E-state index contributed by atoms with van der Waals surface area (Å²) >= 11 is 0. The molecule has 1 saturated carbocycles. The van der Waals surface area contributed by atoms with Crippen LogP contribution in [0.5, 0.6) is 0 Å². The van der Waals surface area contributed by atoms with Gasteiger partial charge in [-0.05, 0) is 51.2 Å². The fraction of sp³-hybridized carbons (Fsp3) is 0.550. The molecule has 158 valence electrons. The first kappa shape index (κ1) is 21.0. The van der Waals surface area contributed by atoms with E-state index in [-0.39, 0.29) is 23.6 Å². The average Bonchev–Trinajstić information content (AvgIpc) is 3.21. The molecule has 0 aliphatic heterocycles. The summed E-state index contributed by atoms with van der Waals surface area (Å²) in [6.07, 6.45) is 5.05. The van der Waals surface area contributed by atoms with Crippen LogP contribution in [0.2, 0.25) is 0 Å². The van der Waals surface area contributed by atoms with Crippen LogP contribution in [0.3, 0.4) is 0 Å². The molecule has 7 nitrogen and oxygen atoms in total. The largest absolute Gasteiger partial charge is 0.352 e. The molecule has 2 aromatic heterocycles. The molecule has 29 heavy (non-hydrogen) atoms. The van der Waals surface area contributed by atoms with Gasteiger partial charge in [0.15, 0.2) is 0 Å². The van der Waals surface area contributed by atoms with Gasteiger partial charge in [0.2, 0.25) is 0 Å². The molecule has 1 aliphatic rings. The van der Waals surface area contributed by atoms with Crippen molar-refractivity contribution in [2.75, 3.05) is 6.54 Å². The Labute approximate surface area is 168 Å². The molecule has 1 aliphatic carbocycles. The number of hydrogen-bond acceptors (Lipinski definition) is 3. The second-order valence-electron chi connectivity index (χ2n) is 7.72. The van der Waals surface area contributed by atoms with E-state index >= 15 is 0 Å². The lowest BCUT2D eigenvalue weighted by molar-refractivity contribution is 0.0610. The van der Waals surface area contributed by atoms with Crippen LogP contribution in [0.15, 0.2) is 18.3 Å². The maximum absolute atomic E-state index is 13.2. The molecular formula is C20H27F2N5O2. The van der Waals surface area contributed by atoms with Crippen LogP contribution >= 0.6 is 0 Å². The molecule has 0 bridgehead atoms. The summed E-state index contributed by atoms with van der Waals surface area (Å²) in [6, 6.07) is 2.84. The van der Waals surface area contributed by atoms with Crippen molar-refractivity contribution in [2.45, 2.75) is 52.1 Å². The first-order chi connectivity index (χ1) is 13.8. The Morgan fingerprint density at radius 1 is 1.24 bits per heavy atom. The average molecular weight is 407 g/mol. The van der Waals surface area contributed by atoms with E-state index in [4.69, 9.17) is 0 Å². The zero-order chi connectivity index (χ0) is 21.1. The van der Waals surface area contributed by atoms with Crippen LogP contribution in [-0.2, 0) is 7.05 Å². The van der Waals surface area contributed by atoms with E-state index in [1.54, 1.807) is 31.8 Å². The number of nitrogens with zero attached hydrogens (tertiary/aromatic N) is 3. The number of nitrogens with one attached hydrogen (secondary N) is 2. The minimum atomic E-state index is -2.75. The summed E-state index contributed by atoms with van der Waals surface area (Å²) in [5, 5.41) is 10.0. The number of alkyl halides is 2. The molecule has 2 N–H and O–H groups in total. The van der Waals surface area contributed by atoms with Crippen molar-refractivity contribution in [2.24, 2.45) is 13.0 Å². The molecule has 9 heteroatoms. The minimum Gasteiger partial charge on any atom is -0.352 e. The summed E-state index contributed by atoms with van der Waals surface area (Å²) in [4.78, 5) is 24.9. The number of hydrogen-bond donors (Lipinski definition) is 2. The van der Waals surface area contributed by atoms with Gasteiger partial charge in [0.05, 0.1) is 11.3 Å². The maximum atomic E-state index is 13.2. The highest BCUT2D eigenvalue weighted by Gasteiger charge is 2.26. The van der Waals surface area contributed by atoms with Crippen LogP contribution in [0.1, 0.15) is 64.5 Å². The van der Waals surface area contributed by atoms with Crippen LogP contribution < -0.4 is 10.6 Å². The molecule has 2 heterocycles. The Morgan fingerprint density at radius 3 is 2.66 bits per heavy atom. The zero-order valence-corrected chi connectivity index (χ0v) is 16.9. The Morgan fingerprint density at radius 2 is 2.00 bits per heavy atom. The molecule has 1 fully saturated rings. The Balaban J connectivity index is 1.55. The Bertz CT molecular complexity index is 890. The maximum Gasteiger partial charge on any atom is 0.319 e. The first-order valence-electron chi connectivity index (χ1n) is 9.81. The predicted octanol–water partition coefficient (Wildman–Crippen LogP) is 2.95. The number of amides is 2. The molecule has 2 atom stereocenters. The van der Waals surface area contributed by atoms with Gasteiger partial charge in [-0.1, -0.05) is 6.42 Å². The van der Waals surface area contributed by atoms with E-state index in [2.05, 4.69) is 15.7 Å². The van der Waals surface area contributed by atoms with E-state index in [1.807, 2.05) is 0 Å². The Kier molecular flexibility index (Phi) is 6.34. The fourth-order valence-corrected chi connectivity index (χ4v) is 4.02. The van der Waals surface area contributed by atoms with Gasteiger partial charge in [0.25, 0.3) is 11.8 Å². The fourth-order valence-electron chi connectivity index (χ4n) is 4.02. The van der Waals surface area contributed by atoms with Gasteiger partial charge < -0.3 is 10.6 Å². The lowest BCUT2D eigenvalue weighted by Crippen LogP contribution is -2.41. The molecule has 0 aromatic carbocycles. The lowest BCUT2D eigenvalue weighted by Gasteiger charge is -2.30. The highest BCUT2D eigenvalue weighted by Crippen LogP contribution is 2.25. The smallest absolute Gasteiger partial charge is 0.319 e. The molecule has 0 spiro atoms. The van der Waals surface area contributed by atoms with Crippen LogP contribution in [-0.4, -0.2) is 38.7 Å². The van der Waals surface area contributed by atoms with Gasteiger partial charge >= 0.3 is 6.55 Å².